The monoisotopic (exact) mass is 338 g/mol. The molecular formula is C19H22N4O2. The summed E-state index contributed by atoms with van der Waals surface area (Å²) in [6, 6.07) is 9.64. The van der Waals surface area contributed by atoms with Crippen LogP contribution in [-0.2, 0) is 6.54 Å². The van der Waals surface area contributed by atoms with Crippen molar-refractivity contribution < 1.29 is 8.83 Å². The number of likely N-dealkylation sites (tertiary alicyclic amines) is 1. The number of nitrogens with one attached hydrogen (secondary N) is 1. The molecule has 3 aromatic rings. The molecule has 0 saturated carbocycles. The van der Waals surface area contributed by atoms with Crippen molar-refractivity contribution >= 4 is 5.82 Å². The Bertz CT molecular complexity index is 798. The quantitative estimate of drug-likeness (QED) is 0.741. The first-order valence-corrected chi connectivity index (χ1v) is 8.65. The van der Waals surface area contributed by atoms with Crippen molar-refractivity contribution in [1.29, 1.82) is 0 Å². The van der Waals surface area contributed by atoms with Crippen molar-refractivity contribution in [3.63, 3.8) is 0 Å². The highest BCUT2D eigenvalue weighted by atomic mass is 16.4. The van der Waals surface area contributed by atoms with E-state index in [-0.39, 0.29) is 0 Å². The fraction of sp³-hybridized carbons (Fsp3) is 0.368. The van der Waals surface area contributed by atoms with Crippen molar-refractivity contribution in [3.05, 3.63) is 54.2 Å². The molecule has 0 unspecified atom stereocenters. The maximum absolute atomic E-state index is 5.75. The average molecular weight is 338 g/mol. The summed E-state index contributed by atoms with van der Waals surface area (Å²) >= 11 is 0. The van der Waals surface area contributed by atoms with Crippen LogP contribution in [0.15, 0.2) is 51.6 Å². The van der Waals surface area contributed by atoms with Gasteiger partial charge in [-0.3, -0.25) is 4.90 Å². The third-order valence-corrected chi connectivity index (χ3v) is 4.60. The number of rotatable bonds is 6. The summed E-state index contributed by atoms with van der Waals surface area (Å²) in [5.74, 6) is 3.66. The highest BCUT2D eigenvalue weighted by Gasteiger charge is 2.24. The summed E-state index contributed by atoms with van der Waals surface area (Å²) in [6.07, 6.45) is 4.63. The second-order valence-electron chi connectivity index (χ2n) is 6.48. The molecule has 0 radical (unpaired) electrons. The highest BCUT2D eigenvalue weighted by molar-refractivity contribution is 5.44. The first-order valence-electron chi connectivity index (χ1n) is 8.65. The highest BCUT2D eigenvalue weighted by Crippen LogP contribution is 2.25. The number of oxazole rings is 1. The van der Waals surface area contributed by atoms with Gasteiger partial charge in [0.2, 0.25) is 0 Å². The number of aryl methyl sites for hydroxylation is 1. The van der Waals surface area contributed by atoms with E-state index in [0.29, 0.717) is 17.6 Å². The van der Waals surface area contributed by atoms with Gasteiger partial charge in [-0.25, -0.2) is 9.97 Å². The van der Waals surface area contributed by atoms with Gasteiger partial charge in [-0.2, -0.15) is 0 Å². The summed E-state index contributed by atoms with van der Waals surface area (Å²) in [5, 5.41) is 3.42. The van der Waals surface area contributed by atoms with Crippen LogP contribution < -0.4 is 5.32 Å². The Morgan fingerprint density at radius 3 is 3.04 bits per heavy atom. The molecule has 1 saturated heterocycles. The number of aromatic nitrogens is 2. The molecule has 0 spiro atoms. The third-order valence-electron chi connectivity index (χ3n) is 4.60. The predicted octanol–water partition coefficient (Wildman–Crippen LogP) is 3.57. The lowest BCUT2D eigenvalue weighted by atomic mass is 10.1. The predicted molar refractivity (Wildman–Crippen MR) is 95.1 cm³/mol. The molecule has 1 aliphatic rings. The van der Waals surface area contributed by atoms with Gasteiger partial charge in [0.25, 0.3) is 5.89 Å². The normalized spacial score (nSPS) is 17.9. The van der Waals surface area contributed by atoms with Gasteiger partial charge in [-0.05, 0) is 50.1 Å². The SMILES string of the molecule is Cc1oc(-c2ccco2)nc1CN1CC[C@H](CNc2ccccn2)C1. The van der Waals surface area contributed by atoms with Crippen molar-refractivity contribution in [3.8, 4) is 11.7 Å². The maximum Gasteiger partial charge on any atom is 0.263 e. The molecule has 1 atom stereocenters. The maximum atomic E-state index is 5.75. The van der Waals surface area contributed by atoms with Crippen LogP contribution in [0.1, 0.15) is 17.9 Å². The van der Waals surface area contributed by atoms with Crippen LogP contribution in [0.3, 0.4) is 0 Å². The van der Waals surface area contributed by atoms with Gasteiger partial charge in [0, 0.05) is 25.8 Å². The fourth-order valence-corrected chi connectivity index (χ4v) is 3.23. The first kappa shape index (κ1) is 15.9. The lowest BCUT2D eigenvalue weighted by Gasteiger charge is -2.15. The molecule has 0 aromatic carbocycles. The molecule has 6 heteroatoms. The molecule has 25 heavy (non-hydrogen) atoms. The van der Waals surface area contributed by atoms with E-state index in [9.17, 15) is 0 Å². The zero-order valence-corrected chi connectivity index (χ0v) is 14.3. The van der Waals surface area contributed by atoms with Crippen LogP contribution in [0.4, 0.5) is 5.82 Å². The Labute approximate surface area is 146 Å². The Balaban J connectivity index is 1.32. The molecule has 0 amide bonds. The van der Waals surface area contributed by atoms with Gasteiger partial charge in [-0.15, -0.1) is 0 Å². The minimum Gasteiger partial charge on any atom is -0.459 e. The van der Waals surface area contributed by atoms with E-state index in [2.05, 4.69) is 20.2 Å². The van der Waals surface area contributed by atoms with Crippen LogP contribution in [0.5, 0.6) is 0 Å². The molecule has 3 aromatic heterocycles. The summed E-state index contributed by atoms with van der Waals surface area (Å²) in [4.78, 5) is 11.3. The summed E-state index contributed by atoms with van der Waals surface area (Å²) < 4.78 is 11.1. The number of hydrogen-bond donors (Lipinski definition) is 1. The van der Waals surface area contributed by atoms with Crippen molar-refractivity contribution in [2.45, 2.75) is 19.9 Å². The van der Waals surface area contributed by atoms with E-state index < -0.39 is 0 Å². The lowest BCUT2D eigenvalue weighted by molar-refractivity contribution is 0.313. The minimum atomic E-state index is 0.560. The van der Waals surface area contributed by atoms with Gasteiger partial charge in [0.05, 0.1) is 12.0 Å². The van der Waals surface area contributed by atoms with E-state index >= 15 is 0 Å². The van der Waals surface area contributed by atoms with Gasteiger partial charge < -0.3 is 14.2 Å². The molecule has 1 aliphatic heterocycles. The molecule has 1 fully saturated rings. The second kappa shape index (κ2) is 7.11. The number of nitrogens with zero attached hydrogens (tertiary/aromatic N) is 3. The van der Waals surface area contributed by atoms with Crippen molar-refractivity contribution in [2.75, 3.05) is 25.0 Å². The Hall–Kier alpha value is -2.60. The second-order valence-corrected chi connectivity index (χ2v) is 6.48. The molecule has 4 heterocycles. The van der Waals surface area contributed by atoms with E-state index in [1.54, 1.807) is 6.26 Å². The van der Waals surface area contributed by atoms with Gasteiger partial charge >= 0.3 is 0 Å². The minimum absolute atomic E-state index is 0.560. The van der Waals surface area contributed by atoms with Gasteiger partial charge in [-0.1, -0.05) is 6.07 Å². The van der Waals surface area contributed by atoms with Crippen LogP contribution in [0, 0.1) is 12.8 Å². The Kier molecular flexibility index (Phi) is 4.52. The zero-order valence-electron chi connectivity index (χ0n) is 14.3. The summed E-state index contributed by atoms with van der Waals surface area (Å²) in [7, 11) is 0. The van der Waals surface area contributed by atoms with E-state index in [1.165, 1.54) is 6.42 Å². The third kappa shape index (κ3) is 3.74. The Morgan fingerprint density at radius 1 is 1.28 bits per heavy atom. The van der Waals surface area contributed by atoms with Gasteiger partial charge in [0.1, 0.15) is 11.6 Å². The molecule has 4 rings (SSSR count). The van der Waals surface area contributed by atoms with E-state index in [4.69, 9.17) is 8.83 Å². The number of furan rings is 1. The summed E-state index contributed by atoms with van der Waals surface area (Å²) in [6.45, 7) is 5.86. The molecular weight excluding hydrogens is 316 g/mol. The van der Waals surface area contributed by atoms with Gasteiger partial charge in [0.15, 0.2) is 5.76 Å². The standard InChI is InChI=1S/C19H22N4O2/c1-14-16(22-19(25-14)17-5-4-10-24-17)13-23-9-7-15(12-23)11-21-18-6-2-3-8-20-18/h2-6,8,10,15H,7,9,11-13H2,1H3,(H,20,21)/t15-/m1/s1. The number of pyridine rings is 1. The van der Waals surface area contributed by atoms with Crippen LogP contribution in [0.2, 0.25) is 0 Å². The van der Waals surface area contributed by atoms with Crippen LogP contribution >= 0.6 is 0 Å². The molecule has 130 valence electrons. The molecule has 6 nitrogen and oxygen atoms in total. The molecule has 0 bridgehead atoms. The van der Waals surface area contributed by atoms with Crippen molar-refractivity contribution in [1.82, 2.24) is 14.9 Å². The average Bonchev–Trinajstić information content (AvgIpc) is 3.37. The molecule has 1 N–H and O–H groups in total. The van der Waals surface area contributed by atoms with E-state index in [1.807, 2.05) is 43.5 Å². The van der Waals surface area contributed by atoms with Crippen LogP contribution in [0.25, 0.3) is 11.7 Å². The summed E-state index contributed by atoms with van der Waals surface area (Å²) in [5.41, 5.74) is 0.990. The zero-order chi connectivity index (χ0) is 17.1. The number of hydrogen-bond acceptors (Lipinski definition) is 6. The van der Waals surface area contributed by atoms with Crippen molar-refractivity contribution in [2.24, 2.45) is 5.92 Å². The van der Waals surface area contributed by atoms with E-state index in [0.717, 1.165) is 43.5 Å². The van der Waals surface area contributed by atoms with Crippen LogP contribution in [-0.4, -0.2) is 34.5 Å². The number of anilines is 1. The first-order chi connectivity index (χ1) is 12.3. The fourth-order valence-electron chi connectivity index (χ4n) is 3.23. The topological polar surface area (TPSA) is 67.3 Å². The molecule has 0 aliphatic carbocycles. The lowest BCUT2D eigenvalue weighted by Crippen LogP contribution is -2.23. The Morgan fingerprint density at radius 2 is 2.24 bits per heavy atom. The largest absolute Gasteiger partial charge is 0.459 e. The smallest absolute Gasteiger partial charge is 0.263 e.